The van der Waals surface area contributed by atoms with Crippen LogP contribution in [0.4, 0.5) is 5.69 Å². The highest BCUT2D eigenvalue weighted by Gasteiger charge is 2.08. The summed E-state index contributed by atoms with van der Waals surface area (Å²) in [5.41, 5.74) is 4.08. The predicted molar refractivity (Wildman–Crippen MR) is 121 cm³/mol. The molecule has 0 aliphatic heterocycles. The standard InChI is InChI=1S/C22H17ClN2OS2/c1-14-2-11-19-20(12-14)28-22(25-19)15-3-7-17(8-4-15)24-21(26)13-27-18-9-5-16(23)6-10-18/h2-12H,13H2,1H3,(H,24,26). The summed E-state index contributed by atoms with van der Waals surface area (Å²) in [6.07, 6.45) is 0. The first kappa shape index (κ1) is 19.0. The smallest absolute Gasteiger partial charge is 0.234 e. The molecule has 4 aromatic rings. The Morgan fingerprint density at radius 1 is 1.07 bits per heavy atom. The SMILES string of the molecule is Cc1ccc2nc(-c3ccc(NC(=O)CSc4ccc(Cl)cc4)cc3)sc2c1. The molecule has 0 saturated heterocycles. The number of carbonyl (C=O) groups is 1. The van der Waals surface area contributed by atoms with Crippen LogP contribution in [0.2, 0.25) is 5.02 Å². The van der Waals surface area contributed by atoms with E-state index in [9.17, 15) is 4.79 Å². The summed E-state index contributed by atoms with van der Waals surface area (Å²) in [6, 6.07) is 21.6. The maximum absolute atomic E-state index is 12.2. The van der Waals surface area contributed by atoms with Gasteiger partial charge in [0, 0.05) is 21.2 Å². The van der Waals surface area contributed by atoms with Crippen molar-refractivity contribution in [2.45, 2.75) is 11.8 Å². The van der Waals surface area contributed by atoms with Crippen molar-refractivity contribution in [2.24, 2.45) is 0 Å². The third-order valence-corrected chi connectivity index (χ3v) is 6.47. The highest BCUT2D eigenvalue weighted by atomic mass is 35.5. The first-order valence-electron chi connectivity index (χ1n) is 8.73. The van der Waals surface area contributed by atoms with E-state index in [1.165, 1.54) is 22.0 Å². The Kier molecular flexibility index (Phi) is 5.67. The van der Waals surface area contributed by atoms with Crippen molar-refractivity contribution in [3.63, 3.8) is 0 Å². The Labute approximate surface area is 176 Å². The van der Waals surface area contributed by atoms with Crippen molar-refractivity contribution in [2.75, 3.05) is 11.1 Å². The third kappa shape index (κ3) is 4.55. The van der Waals surface area contributed by atoms with E-state index in [4.69, 9.17) is 16.6 Å². The quantitative estimate of drug-likeness (QED) is 0.364. The number of benzene rings is 3. The number of thioether (sulfide) groups is 1. The second-order valence-corrected chi connectivity index (χ2v) is 8.87. The van der Waals surface area contributed by atoms with Gasteiger partial charge in [-0.3, -0.25) is 4.79 Å². The molecule has 4 rings (SSSR count). The van der Waals surface area contributed by atoms with Gasteiger partial charge in [0.1, 0.15) is 5.01 Å². The number of anilines is 1. The second kappa shape index (κ2) is 8.35. The van der Waals surface area contributed by atoms with E-state index in [-0.39, 0.29) is 5.91 Å². The van der Waals surface area contributed by atoms with Crippen LogP contribution in [-0.4, -0.2) is 16.6 Å². The van der Waals surface area contributed by atoms with Crippen molar-refractivity contribution >= 4 is 56.5 Å². The summed E-state index contributed by atoms with van der Waals surface area (Å²) in [6.45, 7) is 2.08. The molecule has 0 bridgehead atoms. The summed E-state index contributed by atoms with van der Waals surface area (Å²) >= 11 is 9.04. The van der Waals surface area contributed by atoms with Gasteiger partial charge in [-0.05, 0) is 73.2 Å². The molecule has 1 heterocycles. The topological polar surface area (TPSA) is 42.0 Å². The van der Waals surface area contributed by atoms with E-state index < -0.39 is 0 Å². The Morgan fingerprint density at radius 2 is 1.82 bits per heavy atom. The van der Waals surface area contributed by atoms with Gasteiger partial charge in [-0.15, -0.1) is 23.1 Å². The average Bonchev–Trinajstić information content (AvgIpc) is 3.11. The number of hydrogen-bond donors (Lipinski definition) is 1. The van der Waals surface area contributed by atoms with Gasteiger partial charge in [0.05, 0.1) is 16.0 Å². The molecular formula is C22H17ClN2OS2. The Bertz CT molecular complexity index is 1120. The normalized spacial score (nSPS) is 10.9. The molecule has 0 spiro atoms. The zero-order valence-corrected chi connectivity index (χ0v) is 17.5. The van der Waals surface area contributed by atoms with Crippen LogP contribution in [0.5, 0.6) is 0 Å². The van der Waals surface area contributed by atoms with E-state index in [1.54, 1.807) is 11.3 Å². The molecule has 0 radical (unpaired) electrons. The first-order valence-corrected chi connectivity index (χ1v) is 10.9. The van der Waals surface area contributed by atoms with E-state index in [0.29, 0.717) is 10.8 Å². The van der Waals surface area contributed by atoms with Gasteiger partial charge >= 0.3 is 0 Å². The number of amides is 1. The minimum Gasteiger partial charge on any atom is -0.325 e. The minimum atomic E-state index is -0.0387. The molecule has 0 saturated carbocycles. The molecule has 3 nitrogen and oxygen atoms in total. The van der Waals surface area contributed by atoms with Gasteiger partial charge in [0.15, 0.2) is 0 Å². The third-order valence-electron chi connectivity index (χ3n) is 4.14. The summed E-state index contributed by atoms with van der Waals surface area (Å²) < 4.78 is 1.19. The van der Waals surface area contributed by atoms with Crippen molar-refractivity contribution < 1.29 is 4.79 Å². The monoisotopic (exact) mass is 424 g/mol. The lowest BCUT2D eigenvalue weighted by atomic mass is 10.2. The average molecular weight is 425 g/mol. The molecular weight excluding hydrogens is 408 g/mol. The number of halogens is 1. The summed E-state index contributed by atoms with van der Waals surface area (Å²) in [5, 5.41) is 4.61. The Balaban J connectivity index is 1.39. The zero-order valence-electron chi connectivity index (χ0n) is 15.1. The molecule has 0 aliphatic carbocycles. The lowest BCUT2D eigenvalue weighted by Crippen LogP contribution is -2.13. The lowest BCUT2D eigenvalue weighted by Gasteiger charge is -2.06. The van der Waals surface area contributed by atoms with Crippen LogP contribution in [0.3, 0.4) is 0 Å². The maximum atomic E-state index is 12.2. The number of aryl methyl sites for hydroxylation is 1. The van der Waals surface area contributed by atoms with Crippen molar-refractivity contribution in [3.05, 3.63) is 77.3 Å². The fourth-order valence-electron chi connectivity index (χ4n) is 2.73. The Morgan fingerprint density at radius 3 is 2.57 bits per heavy atom. The van der Waals surface area contributed by atoms with Gasteiger partial charge in [-0.2, -0.15) is 0 Å². The number of thiazole rings is 1. The van der Waals surface area contributed by atoms with Crippen LogP contribution in [0.1, 0.15) is 5.56 Å². The molecule has 1 aromatic heterocycles. The van der Waals surface area contributed by atoms with Crippen LogP contribution in [0.15, 0.2) is 71.6 Å². The van der Waals surface area contributed by atoms with Crippen molar-refractivity contribution in [1.82, 2.24) is 4.98 Å². The predicted octanol–water partition coefficient (Wildman–Crippen LogP) is 6.66. The lowest BCUT2D eigenvalue weighted by molar-refractivity contribution is -0.113. The first-order chi connectivity index (χ1) is 13.6. The molecule has 0 fully saturated rings. The van der Waals surface area contributed by atoms with Crippen LogP contribution in [0.25, 0.3) is 20.8 Å². The number of aromatic nitrogens is 1. The molecule has 3 aromatic carbocycles. The highest BCUT2D eigenvalue weighted by Crippen LogP contribution is 2.31. The number of hydrogen-bond acceptors (Lipinski definition) is 4. The molecule has 140 valence electrons. The molecule has 0 unspecified atom stereocenters. The van der Waals surface area contributed by atoms with E-state index in [1.807, 2.05) is 48.5 Å². The molecule has 0 atom stereocenters. The van der Waals surface area contributed by atoms with Crippen LogP contribution in [0, 0.1) is 6.92 Å². The van der Waals surface area contributed by atoms with Gasteiger partial charge in [0.2, 0.25) is 5.91 Å². The number of fused-ring (bicyclic) bond motifs is 1. The van der Waals surface area contributed by atoms with Crippen molar-refractivity contribution in [1.29, 1.82) is 0 Å². The minimum absolute atomic E-state index is 0.0387. The van der Waals surface area contributed by atoms with Gasteiger partial charge in [-0.25, -0.2) is 4.98 Å². The number of nitrogens with zero attached hydrogens (tertiary/aromatic N) is 1. The molecule has 0 aliphatic rings. The van der Waals surface area contributed by atoms with Crippen LogP contribution < -0.4 is 5.32 Å². The number of nitrogens with one attached hydrogen (secondary N) is 1. The fourth-order valence-corrected chi connectivity index (χ4v) is 4.62. The van der Waals surface area contributed by atoms with Crippen LogP contribution in [-0.2, 0) is 4.79 Å². The van der Waals surface area contributed by atoms with Gasteiger partial charge in [0.25, 0.3) is 0 Å². The fraction of sp³-hybridized carbons (Fsp3) is 0.0909. The molecule has 6 heteroatoms. The zero-order chi connectivity index (χ0) is 19.5. The number of rotatable bonds is 5. The number of carbonyl (C=O) groups excluding carboxylic acids is 1. The summed E-state index contributed by atoms with van der Waals surface area (Å²) in [4.78, 5) is 17.9. The van der Waals surface area contributed by atoms with E-state index >= 15 is 0 Å². The molecule has 1 N–H and O–H groups in total. The summed E-state index contributed by atoms with van der Waals surface area (Å²) in [7, 11) is 0. The second-order valence-electron chi connectivity index (χ2n) is 6.36. The summed E-state index contributed by atoms with van der Waals surface area (Å²) in [5.74, 6) is 0.309. The Hall–Kier alpha value is -2.34. The van der Waals surface area contributed by atoms with Crippen molar-refractivity contribution in [3.8, 4) is 10.6 Å². The highest BCUT2D eigenvalue weighted by molar-refractivity contribution is 8.00. The maximum Gasteiger partial charge on any atom is 0.234 e. The molecule has 28 heavy (non-hydrogen) atoms. The van der Waals surface area contributed by atoms with E-state index in [0.717, 1.165) is 26.7 Å². The van der Waals surface area contributed by atoms with E-state index in [2.05, 4.69) is 30.4 Å². The van der Waals surface area contributed by atoms with Gasteiger partial charge in [-0.1, -0.05) is 17.7 Å². The van der Waals surface area contributed by atoms with Gasteiger partial charge < -0.3 is 5.32 Å². The largest absolute Gasteiger partial charge is 0.325 e. The van der Waals surface area contributed by atoms with Crippen LogP contribution >= 0.6 is 34.7 Å². The molecule has 1 amide bonds.